The third-order valence-electron chi connectivity index (χ3n) is 4.91. The van der Waals surface area contributed by atoms with Crippen LogP contribution in [-0.4, -0.2) is 66.9 Å². The molecule has 0 saturated carbocycles. The highest BCUT2D eigenvalue weighted by Crippen LogP contribution is 2.20. The fraction of sp³-hybridized carbons (Fsp3) is 0.500. The van der Waals surface area contributed by atoms with E-state index in [-0.39, 0.29) is 23.6 Å². The number of aromatic nitrogens is 2. The Labute approximate surface area is 189 Å². The van der Waals surface area contributed by atoms with Gasteiger partial charge in [-0.05, 0) is 45.4 Å². The van der Waals surface area contributed by atoms with E-state index in [9.17, 15) is 13.2 Å². The molecular weight excluding hydrogens is 432 g/mol. The summed E-state index contributed by atoms with van der Waals surface area (Å²) in [6.45, 7) is 9.56. The number of amides is 1. The normalized spacial score (nSPS) is 17.2. The summed E-state index contributed by atoms with van der Waals surface area (Å²) < 4.78 is 34.3. The second-order valence-corrected chi connectivity index (χ2v) is 10.9. The summed E-state index contributed by atoms with van der Waals surface area (Å²) in [6.07, 6.45) is 4.09. The van der Waals surface area contributed by atoms with Crippen molar-refractivity contribution in [1.29, 1.82) is 0 Å². The number of ether oxygens (including phenoxy) is 2. The summed E-state index contributed by atoms with van der Waals surface area (Å²) in [4.78, 5) is 25.2. The van der Waals surface area contributed by atoms with Gasteiger partial charge in [-0.3, -0.25) is 0 Å². The second kappa shape index (κ2) is 9.32. The number of hydrogen-bond donors (Lipinski definition) is 0. The van der Waals surface area contributed by atoms with Crippen molar-refractivity contribution in [1.82, 2.24) is 14.9 Å². The van der Waals surface area contributed by atoms with Crippen molar-refractivity contribution in [2.45, 2.75) is 50.8 Å². The first-order valence-electron chi connectivity index (χ1n) is 10.4. The van der Waals surface area contributed by atoms with Crippen LogP contribution >= 0.6 is 0 Å². The topological polar surface area (TPSA) is 102 Å². The summed E-state index contributed by atoms with van der Waals surface area (Å²) in [7, 11) is -3.22. The lowest BCUT2D eigenvalue weighted by atomic mass is 10.2. The van der Waals surface area contributed by atoms with Crippen LogP contribution in [-0.2, 0) is 21.2 Å². The first kappa shape index (κ1) is 23.8. The Bertz CT molecular complexity index is 1030. The number of anilines is 1. The van der Waals surface area contributed by atoms with E-state index in [1.54, 1.807) is 41.6 Å². The fourth-order valence-corrected chi connectivity index (χ4v) is 3.91. The molecule has 1 amide bonds. The van der Waals surface area contributed by atoms with Gasteiger partial charge in [0.05, 0.1) is 17.3 Å². The Balaban J connectivity index is 1.54. The van der Waals surface area contributed by atoms with Crippen LogP contribution in [0.3, 0.4) is 0 Å². The number of nitrogens with zero attached hydrogens (tertiary/aromatic N) is 4. The molecule has 32 heavy (non-hydrogen) atoms. The molecule has 0 bridgehead atoms. The number of sulfone groups is 1. The van der Waals surface area contributed by atoms with Crippen molar-refractivity contribution < 1.29 is 22.7 Å². The van der Waals surface area contributed by atoms with E-state index >= 15 is 0 Å². The zero-order valence-corrected chi connectivity index (χ0v) is 19.9. The number of hydrogen-bond acceptors (Lipinski definition) is 8. The van der Waals surface area contributed by atoms with Crippen LogP contribution in [0.4, 0.5) is 10.7 Å². The highest BCUT2D eigenvalue weighted by Gasteiger charge is 2.31. The van der Waals surface area contributed by atoms with Crippen molar-refractivity contribution in [3.05, 3.63) is 42.2 Å². The molecule has 0 aliphatic carbocycles. The van der Waals surface area contributed by atoms with Gasteiger partial charge in [0, 0.05) is 31.9 Å². The predicted molar refractivity (Wildman–Crippen MR) is 121 cm³/mol. The van der Waals surface area contributed by atoms with Gasteiger partial charge in [0.1, 0.15) is 12.2 Å². The maximum atomic E-state index is 12.4. The van der Waals surface area contributed by atoms with E-state index in [0.29, 0.717) is 31.3 Å². The van der Waals surface area contributed by atoms with Gasteiger partial charge in [-0.2, -0.15) is 0 Å². The van der Waals surface area contributed by atoms with Gasteiger partial charge in [-0.15, -0.1) is 0 Å². The number of rotatable bonds is 5. The summed E-state index contributed by atoms with van der Waals surface area (Å²) in [6, 6.07) is 6.53. The molecular formula is C22H30N4O5S. The van der Waals surface area contributed by atoms with Crippen molar-refractivity contribution in [3.63, 3.8) is 0 Å². The molecule has 1 atom stereocenters. The van der Waals surface area contributed by atoms with Gasteiger partial charge in [-0.25, -0.2) is 23.2 Å². The van der Waals surface area contributed by atoms with Crippen molar-refractivity contribution in [2.75, 3.05) is 30.8 Å². The van der Waals surface area contributed by atoms with E-state index in [2.05, 4.69) is 9.97 Å². The lowest BCUT2D eigenvalue weighted by Gasteiger charge is -2.40. The average Bonchev–Trinajstić information content (AvgIpc) is 2.71. The maximum absolute atomic E-state index is 12.4. The number of piperazine rings is 1. The first-order valence-corrected chi connectivity index (χ1v) is 12.3. The molecule has 9 nitrogen and oxygen atoms in total. The maximum Gasteiger partial charge on any atom is 0.410 e. The van der Waals surface area contributed by atoms with Gasteiger partial charge in [0.15, 0.2) is 15.6 Å². The highest BCUT2D eigenvalue weighted by atomic mass is 32.2. The number of carbonyl (C=O) groups is 1. The molecule has 2 heterocycles. The molecule has 0 N–H and O–H groups in total. The highest BCUT2D eigenvalue weighted by molar-refractivity contribution is 7.90. The van der Waals surface area contributed by atoms with Gasteiger partial charge < -0.3 is 19.3 Å². The van der Waals surface area contributed by atoms with E-state index < -0.39 is 15.4 Å². The molecule has 174 valence electrons. The first-order chi connectivity index (χ1) is 14.9. The molecule has 1 saturated heterocycles. The lowest BCUT2D eigenvalue weighted by molar-refractivity contribution is 0.0158. The molecule has 1 aromatic heterocycles. The summed E-state index contributed by atoms with van der Waals surface area (Å²) in [5.41, 5.74) is 0.316. The third-order valence-corrected chi connectivity index (χ3v) is 6.04. The van der Waals surface area contributed by atoms with Crippen molar-refractivity contribution in [2.24, 2.45) is 0 Å². The largest absolute Gasteiger partial charge is 0.486 e. The minimum absolute atomic E-state index is 0.0342. The Hall–Kier alpha value is -2.88. The summed E-state index contributed by atoms with van der Waals surface area (Å²) >= 11 is 0. The molecule has 0 unspecified atom stereocenters. The molecule has 1 fully saturated rings. The molecule has 0 radical (unpaired) electrons. The van der Waals surface area contributed by atoms with Crippen LogP contribution in [0.25, 0.3) is 0 Å². The van der Waals surface area contributed by atoms with Crippen LogP contribution in [0.15, 0.2) is 41.6 Å². The van der Waals surface area contributed by atoms with Gasteiger partial charge >= 0.3 is 6.09 Å². The average molecular weight is 463 g/mol. The van der Waals surface area contributed by atoms with Crippen LogP contribution in [0.2, 0.25) is 0 Å². The van der Waals surface area contributed by atoms with Gasteiger partial charge in [-0.1, -0.05) is 12.1 Å². The predicted octanol–water partition coefficient (Wildman–Crippen LogP) is 2.90. The Kier molecular flexibility index (Phi) is 6.92. The molecule has 1 aromatic carbocycles. The Morgan fingerprint density at radius 3 is 2.28 bits per heavy atom. The van der Waals surface area contributed by atoms with E-state index in [0.717, 1.165) is 5.56 Å². The SMILES string of the molecule is C[C@@H]1CN(c2ncc(OCc3ccc(S(C)(=O)=O)cc3)cn2)CCN1C(=O)OC(C)(C)C. The second-order valence-electron chi connectivity index (χ2n) is 8.89. The van der Waals surface area contributed by atoms with Gasteiger partial charge in [0.2, 0.25) is 5.95 Å². The molecule has 10 heteroatoms. The molecule has 2 aromatic rings. The zero-order chi connectivity index (χ0) is 23.5. The van der Waals surface area contributed by atoms with Crippen LogP contribution in [0.1, 0.15) is 33.3 Å². The van der Waals surface area contributed by atoms with Crippen molar-refractivity contribution in [3.8, 4) is 5.75 Å². The molecule has 0 spiro atoms. The van der Waals surface area contributed by atoms with Crippen molar-refractivity contribution >= 4 is 21.9 Å². The summed E-state index contributed by atoms with van der Waals surface area (Å²) in [5, 5.41) is 0. The Morgan fingerprint density at radius 1 is 1.12 bits per heavy atom. The Morgan fingerprint density at radius 2 is 1.75 bits per heavy atom. The van der Waals surface area contributed by atoms with Gasteiger partial charge in [0.25, 0.3) is 0 Å². The molecule has 1 aliphatic heterocycles. The lowest BCUT2D eigenvalue weighted by Crippen LogP contribution is -2.55. The number of benzene rings is 1. The smallest absolute Gasteiger partial charge is 0.410 e. The molecule has 1 aliphatic rings. The minimum atomic E-state index is -3.22. The number of carbonyl (C=O) groups excluding carboxylic acids is 1. The fourth-order valence-electron chi connectivity index (χ4n) is 3.28. The minimum Gasteiger partial charge on any atom is -0.486 e. The van der Waals surface area contributed by atoms with Crippen LogP contribution in [0.5, 0.6) is 5.75 Å². The van der Waals surface area contributed by atoms with E-state index in [4.69, 9.17) is 9.47 Å². The van der Waals surface area contributed by atoms with Crippen LogP contribution < -0.4 is 9.64 Å². The third kappa shape index (κ3) is 6.32. The van der Waals surface area contributed by atoms with E-state index in [1.807, 2.05) is 32.6 Å². The van der Waals surface area contributed by atoms with E-state index in [1.165, 1.54) is 6.26 Å². The zero-order valence-electron chi connectivity index (χ0n) is 19.1. The standard InChI is InChI=1S/C22H30N4O5S/c1-16-14-25(10-11-26(16)21(27)31-22(2,3)4)20-23-12-18(13-24-20)30-15-17-6-8-19(9-7-17)32(5,28)29/h6-9,12-13,16H,10-11,14-15H2,1-5H3/t16-/m1/s1. The monoisotopic (exact) mass is 462 g/mol. The molecule has 3 rings (SSSR count). The quantitative estimate of drug-likeness (QED) is 0.668. The summed E-state index contributed by atoms with van der Waals surface area (Å²) in [5.74, 6) is 1.09. The van der Waals surface area contributed by atoms with Crippen LogP contribution in [0, 0.1) is 0 Å².